The minimum atomic E-state index is 0.927. The quantitative estimate of drug-likeness (QED) is 0.584. The van der Waals surface area contributed by atoms with Gasteiger partial charge in [-0.25, -0.2) is 4.99 Å². The predicted molar refractivity (Wildman–Crippen MR) is 122 cm³/mol. The second-order valence-corrected chi connectivity index (χ2v) is 5.39. The highest BCUT2D eigenvalue weighted by atomic mass is 14.9. The second kappa shape index (κ2) is 12.4. The van der Waals surface area contributed by atoms with Crippen molar-refractivity contribution in [2.75, 3.05) is 12.4 Å². The zero-order valence-electron chi connectivity index (χ0n) is 17.3. The maximum atomic E-state index is 4.61. The van der Waals surface area contributed by atoms with Gasteiger partial charge in [-0.1, -0.05) is 45.4 Å². The Hall–Kier alpha value is -2.94. The Morgan fingerprint density at radius 1 is 0.630 bits per heavy atom. The Morgan fingerprint density at radius 2 is 1.07 bits per heavy atom. The van der Waals surface area contributed by atoms with Crippen LogP contribution in [0.15, 0.2) is 82.8 Å². The van der Waals surface area contributed by atoms with E-state index in [4.69, 9.17) is 0 Å². The molecule has 0 saturated carbocycles. The lowest BCUT2D eigenvalue weighted by Crippen LogP contribution is -1.99. The van der Waals surface area contributed by atoms with E-state index in [0.717, 1.165) is 28.5 Å². The molecule has 0 atom stereocenters. The van der Waals surface area contributed by atoms with Gasteiger partial charge in [0.15, 0.2) is 0 Å². The van der Waals surface area contributed by atoms with Gasteiger partial charge in [0.25, 0.3) is 0 Å². The van der Waals surface area contributed by atoms with Crippen LogP contribution in [0.4, 0.5) is 17.1 Å². The van der Waals surface area contributed by atoms with Crippen LogP contribution in [0.1, 0.15) is 33.3 Å². The van der Waals surface area contributed by atoms with Crippen molar-refractivity contribution in [3.8, 4) is 0 Å². The molecule has 0 saturated heterocycles. The van der Waals surface area contributed by atoms with E-state index in [0.29, 0.717) is 0 Å². The molecule has 3 rings (SSSR count). The summed E-state index contributed by atoms with van der Waals surface area (Å²) in [5.41, 5.74) is 6.21. The van der Waals surface area contributed by atoms with Gasteiger partial charge in [-0.3, -0.25) is 4.99 Å². The first-order valence-corrected chi connectivity index (χ1v) is 9.58. The highest BCUT2D eigenvalue weighted by Gasteiger charge is 1.99. The number of aryl methyl sites for hydroxylation is 1. The molecule has 0 aromatic heterocycles. The minimum absolute atomic E-state index is 0.927. The van der Waals surface area contributed by atoms with Crippen molar-refractivity contribution >= 4 is 28.5 Å². The van der Waals surface area contributed by atoms with Gasteiger partial charge in [0.05, 0.1) is 17.1 Å². The molecular weight excluding hydrogens is 330 g/mol. The second-order valence-electron chi connectivity index (χ2n) is 5.39. The summed E-state index contributed by atoms with van der Waals surface area (Å²) in [4.78, 5) is 8.73. The third kappa shape index (κ3) is 7.45. The van der Waals surface area contributed by atoms with Crippen LogP contribution in [0.25, 0.3) is 0 Å². The van der Waals surface area contributed by atoms with Crippen LogP contribution in [-0.4, -0.2) is 18.5 Å². The average molecular weight is 362 g/mol. The number of hydrogen-bond acceptors (Lipinski definition) is 3. The van der Waals surface area contributed by atoms with E-state index < -0.39 is 0 Å². The van der Waals surface area contributed by atoms with E-state index in [-0.39, 0.29) is 0 Å². The van der Waals surface area contributed by atoms with E-state index in [1.165, 1.54) is 5.56 Å². The van der Waals surface area contributed by atoms with Crippen molar-refractivity contribution < 1.29 is 0 Å². The van der Waals surface area contributed by atoms with Crippen LogP contribution in [0.3, 0.4) is 0 Å². The topological polar surface area (TPSA) is 36.8 Å². The molecule has 142 valence electrons. The predicted octanol–water partition coefficient (Wildman–Crippen LogP) is 7.06. The maximum absolute atomic E-state index is 4.61. The number of benzene rings is 2. The molecule has 0 radical (unpaired) electrons. The molecule has 0 bridgehead atoms. The first-order valence-electron chi connectivity index (χ1n) is 9.58. The number of rotatable bonds is 3. The van der Waals surface area contributed by atoms with E-state index in [1.54, 1.807) is 7.05 Å². The summed E-state index contributed by atoms with van der Waals surface area (Å²) in [7, 11) is 1.78. The molecular formula is C24H31N3. The lowest BCUT2D eigenvalue weighted by Gasteiger charge is -2.07. The fraction of sp³-hybridized carbons (Fsp3) is 0.250. The van der Waals surface area contributed by atoms with Gasteiger partial charge in [0, 0.05) is 18.4 Å². The van der Waals surface area contributed by atoms with Crippen molar-refractivity contribution in [2.45, 2.75) is 34.6 Å². The fourth-order valence-electron chi connectivity index (χ4n) is 2.25. The number of nitrogens with zero attached hydrogens (tertiary/aromatic N) is 2. The van der Waals surface area contributed by atoms with Crippen LogP contribution >= 0.6 is 0 Å². The van der Waals surface area contributed by atoms with Crippen molar-refractivity contribution in [1.82, 2.24) is 0 Å². The fourth-order valence-corrected chi connectivity index (χ4v) is 2.25. The highest BCUT2D eigenvalue weighted by molar-refractivity contribution is 6.18. The summed E-state index contributed by atoms with van der Waals surface area (Å²) in [6.45, 7) is 10.1. The molecule has 2 aromatic rings. The van der Waals surface area contributed by atoms with Crippen LogP contribution in [0.5, 0.6) is 0 Å². The molecule has 2 aromatic carbocycles. The Kier molecular flexibility index (Phi) is 10.2. The zero-order valence-corrected chi connectivity index (χ0v) is 17.3. The van der Waals surface area contributed by atoms with Crippen molar-refractivity contribution in [3.63, 3.8) is 0 Å². The first-order chi connectivity index (χ1) is 13.2. The van der Waals surface area contributed by atoms with Crippen LogP contribution < -0.4 is 5.32 Å². The van der Waals surface area contributed by atoms with Crippen molar-refractivity contribution in [3.05, 3.63) is 78.4 Å². The molecule has 1 N–H and O–H groups in total. The number of hydrogen-bond donors (Lipinski definition) is 1. The highest BCUT2D eigenvalue weighted by Crippen LogP contribution is 2.21. The van der Waals surface area contributed by atoms with Crippen LogP contribution in [-0.2, 0) is 0 Å². The molecule has 0 heterocycles. The van der Waals surface area contributed by atoms with Gasteiger partial charge >= 0.3 is 0 Å². The van der Waals surface area contributed by atoms with Crippen LogP contribution in [0.2, 0.25) is 0 Å². The van der Waals surface area contributed by atoms with Crippen molar-refractivity contribution in [2.24, 2.45) is 9.98 Å². The largest absolute Gasteiger partial charge is 0.356 e. The summed E-state index contributed by atoms with van der Waals surface area (Å²) in [5.74, 6) is 0. The normalized spacial score (nSPS) is 11.6. The molecule has 27 heavy (non-hydrogen) atoms. The minimum Gasteiger partial charge on any atom is -0.356 e. The van der Waals surface area contributed by atoms with E-state index in [9.17, 15) is 0 Å². The summed E-state index contributed by atoms with van der Waals surface area (Å²) >= 11 is 0. The van der Waals surface area contributed by atoms with Crippen LogP contribution in [0, 0.1) is 6.92 Å². The van der Waals surface area contributed by atoms with Gasteiger partial charge in [-0.15, -0.1) is 0 Å². The lowest BCUT2D eigenvalue weighted by molar-refractivity contribution is 1.44. The molecule has 0 amide bonds. The average Bonchev–Trinajstić information content (AvgIpc) is 2.75. The summed E-state index contributed by atoms with van der Waals surface area (Å²) < 4.78 is 0. The molecule has 1 aliphatic carbocycles. The molecule has 3 heteroatoms. The monoisotopic (exact) mass is 361 g/mol. The zero-order chi connectivity index (χ0) is 20.1. The maximum Gasteiger partial charge on any atom is 0.0638 e. The SMILES string of the molecule is CC.CC.CN=C1C=CC(=Nc2ccc(Nc3ccc(C)cc3)cc2)C=C1. The number of aliphatic imine (C=N–C) groups is 2. The van der Waals surface area contributed by atoms with Crippen molar-refractivity contribution in [1.29, 1.82) is 0 Å². The number of anilines is 2. The van der Waals surface area contributed by atoms with Gasteiger partial charge in [0.1, 0.15) is 0 Å². The molecule has 0 spiro atoms. The Bertz CT molecular complexity index is 775. The third-order valence-corrected chi connectivity index (χ3v) is 3.57. The standard InChI is InChI=1S/C20H19N3.2C2H6/c1-15-3-5-17(6-4-15)22-19-11-13-20(14-12-19)23-18-9-7-16(21-2)8-10-18;2*1-2/h3-14,22H,1-2H3;2*1-2H3. The molecule has 1 aliphatic rings. The summed E-state index contributed by atoms with van der Waals surface area (Å²) in [6, 6.07) is 16.4. The number of allylic oxidation sites excluding steroid dienone is 4. The Labute approximate surface area is 164 Å². The molecule has 0 unspecified atom stereocenters. The Morgan fingerprint density at radius 3 is 1.56 bits per heavy atom. The van der Waals surface area contributed by atoms with Gasteiger partial charge in [-0.2, -0.15) is 0 Å². The van der Waals surface area contributed by atoms with Gasteiger partial charge in [0.2, 0.25) is 0 Å². The Balaban J connectivity index is 0.000000855. The third-order valence-electron chi connectivity index (χ3n) is 3.57. The smallest absolute Gasteiger partial charge is 0.0638 e. The summed E-state index contributed by atoms with van der Waals surface area (Å²) in [6.07, 6.45) is 7.87. The van der Waals surface area contributed by atoms with E-state index in [1.807, 2.05) is 76.3 Å². The van der Waals surface area contributed by atoms with Gasteiger partial charge < -0.3 is 5.32 Å². The van der Waals surface area contributed by atoms with E-state index in [2.05, 4.69) is 46.5 Å². The van der Waals surface area contributed by atoms with E-state index >= 15 is 0 Å². The van der Waals surface area contributed by atoms with Gasteiger partial charge in [-0.05, 0) is 67.6 Å². The lowest BCUT2D eigenvalue weighted by atomic mass is 10.1. The molecule has 3 nitrogen and oxygen atoms in total. The molecule has 0 aliphatic heterocycles. The number of nitrogens with one attached hydrogen (secondary N) is 1. The summed E-state index contributed by atoms with van der Waals surface area (Å²) in [5, 5.41) is 3.38. The molecule has 0 fully saturated rings. The first kappa shape index (κ1) is 22.1.